The van der Waals surface area contributed by atoms with Crippen LogP contribution in [0.2, 0.25) is 0 Å². The Labute approximate surface area is 136 Å². The number of carbonyl (C=O) groups is 2. The van der Waals surface area contributed by atoms with Crippen LogP contribution < -0.4 is 5.32 Å². The molecule has 0 aliphatic heterocycles. The number of nitrogens with one attached hydrogen (secondary N) is 2. The van der Waals surface area contributed by atoms with Crippen LogP contribution in [0.5, 0.6) is 0 Å². The molecule has 2 N–H and O–H groups in total. The molecule has 1 heterocycles. The molecule has 0 saturated heterocycles. The zero-order valence-corrected chi connectivity index (χ0v) is 13.9. The molecule has 0 atom stereocenters. The Balaban J connectivity index is 0.000000924. The molecule has 1 aliphatic rings. The zero-order chi connectivity index (χ0) is 16.8. The summed E-state index contributed by atoms with van der Waals surface area (Å²) < 4.78 is 0. The van der Waals surface area contributed by atoms with Crippen LogP contribution >= 0.6 is 0 Å². The predicted octanol–water partition coefficient (Wildman–Crippen LogP) is 3.77. The highest BCUT2D eigenvalue weighted by molar-refractivity contribution is 6.12. The maximum Gasteiger partial charge on any atom is 0.276 e. The summed E-state index contributed by atoms with van der Waals surface area (Å²) >= 11 is 0. The Morgan fingerprint density at radius 1 is 1.22 bits per heavy atom. The quantitative estimate of drug-likeness (QED) is 0.905. The first-order chi connectivity index (χ1) is 11.2. The van der Waals surface area contributed by atoms with Crippen molar-refractivity contribution in [1.82, 2.24) is 10.2 Å². The fraction of sp³-hybridized carbons (Fsp3) is 0.389. The van der Waals surface area contributed by atoms with Gasteiger partial charge in [-0.05, 0) is 37.0 Å². The molecule has 0 spiro atoms. The summed E-state index contributed by atoms with van der Waals surface area (Å²) in [5.41, 5.74) is 3.36. The highest BCUT2D eigenvalue weighted by atomic mass is 16.2. The summed E-state index contributed by atoms with van der Waals surface area (Å²) in [7, 11) is 0. The van der Waals surface area contributed by atoms with Crippen molar-refractivity contribution >= 4 is 17.4 Å². The Bertz CT molecular complexity index is 687. The normalized spacial score (nSPS) is 12.9. The fourth-order valence-corrected chi connectivity index (χ4v) is 2.59. The van der Waals surface area contributed by atoms with E-state index in [0.29, 0.717) is 17.7 Å². The van der Waals surface area contributed by atoms with Gasteiger partial charge in [-0.15, -0.1) is 0 Å². The maximum absolute atomic E-state index is 12.3. The van der Waals surface area contributed by atoms with Gasteiger partial charge in [-0.2, -0.15) is 5.10 Å². The lowest BCUT2D eigenvalue weighted by Gasteiger charge is -2.10. The first-order valence-electron chi connectivity index (χ1n) is 8.19. The molecular weight excluding hydrogens is 290 g/mol. The molecule has 0 radical (unpaired) electrons. The Morgan fingerprint density at radius 2 is 1.91 bits per heavy atom. The molecule has 1 amide bonds. The van der Waals surface area contributed by atoms with E-state index in [-0.39, 0.29) is 17.4 Å². The SMILES string of the molecule is CC.CCc1ccc(NC(=O)c2n[nH]c3c2C(=O)CCC3)cc1. The molecule has 1 aliphatic carbocycles. The average molecular weight is 313 g/mol. The monoisotopic (exact) mass is 313 g/mol. The van der Waals surface area contributed by atoms with E-state index in [2.05, 4.69) is 22.4 Å². The van der Waals surface area contributed by atoms with Gasteiger partial charge in [-0.25, -0.2) is 0 Å². The van der Waals surface area contributed by atoms with Crippen LogP contribution in [0, 0.1) is 0 Å². The van der Waals surface area contributed by atoms with Crippen LogP contribution in [-0.4, -0.2) is 21.9 Å². The summed E-state index contributed by atoms with van der Waals surface area (Å²) in [6.07, 6.45) is 3.02. The summed E-state index contributed by atoms with van der Waals surface area (Å²) in [6, 6.07) is 7.66. The van der Waals surface area contributed by atoms with Crippen molar-refractivity contribution < 1.29 is 9.59 Å². The molecule has 5 nitrogen and oxygen atoms in total. The van der Waals surface area contributed by atoms with E-state index in [1.165, 1.54) is 5.56 Å². The van der Waals surface area contributed by atoms with Crippen LogP contribution in [0.4, 0.5) is 5.69 Å². The minimum absolute atomic E-state index is 0.00326. The molecule has 0 saturated carbocycles. The molecule has 0 fully saturated rings. The Kier molecular flexibility index (Phi) is 5.68. The number of rotatable bonds is 3. The van der Waals surface area contributed by atoms with E-state index in [1.807, 2.05) is 38.1 Å². The number of aromatic nitrogens is 2. The van der Waals surface area contributed by atoms with Crippen LogP contribution in [0.3, 0.4) is 0 Å². The smallest absolute Gasteiger partial charge is 0.276 e. The number of benzene rings is 1. The van der Waals surface area contributed by atoms with Crippen molar-refractivity contribution in [3.63, 3.8) is 0 Å². The lowest BCUT2D eigenvalue weighted by atomic mass is 9.94. The van der Waals surface area contributed by atoms with Crippen molar-refractivity contribution in [2.75, 3.05) is 5.32 Å². The van der Waals surface area contributed by atoms with Crippen molar-refractivity contribution in [3.05, 3.63) is 46.8 Å². The fourth-order valence-electron chi connectivity index (χ4n) is 2.59. The van der Waals surface area contributed by atoms with Crippen LogP contribution in [0.25, 0.3) is 0 Å². The second kappa shape index (κ2) is 7.72. The van der Waals surface area contributed by atoms with Crippen LogP contribution in [-0.2, 0) is 12.8 Å². The highest BCUT2D eigenvalue weighted by Crippen LogP contribution is 2.23. The van der Waals surface area contributed by atoms with Crippen molar-refractivity contribution in [1.29, 1.82) is 0 Å². The topological polar surface area (TPSA) is 74.8 Å². The number of hydrogen-bond acceptors (Lipinski definition) is 3. The molecule has 122 valence electrons. The standard InChI is InChI=1S/C16H17N3O2.C2H6/c1-2-10-6-8-11(9-7-10)17-16(21)15-14-12(18-19-15)4-3-5-13(14)20;1-2/h6-9H,2-5H2,1H3,(H,17,21)(H,18,19);1-2H3. The minimum Gasteiger partial charge on any atom is -0.321 e. The molecule has 1 aromatic heterocycles. The molecule has 0 bridgehead atoms. The van der Waals surface area contributed by atoms with Gasteiger partial charge in [0.05, 0.1) is 5.56 Å². The van der Waals surface area contributed by atoms with Crippen molar-refractivity contribution in [2.45, 2.75) is 46.5 Å². The first kappa shape index (κ1) is 16.9. The lowest BCUT2D eigenvalue weighted by molar-refractivity contribution is 0.0955. The number of nitrogens with zero attached hydrogens (tertiary/aromatic N) is 1. The second-order valence-corrected chi connectivity index (χ2v) is 5.21. The largest absolute Gasteiger partial charge is 0.321 e. The van der Waals surface area contributed by atoms with Gasteiger partial charge in [-0.3, -0.25) is 14.7 Å². The van der Waals surface area contributed by atoms with Crippen LogP contribution in [0.15, 0.2) is 24.3 Å². The maximum atomic E-state index is 12.3. The number of anilines is 1. The van der Waals surface area contributed by atoms with Crippen LogP contribution in [0.1, 0.15) is 65.7 Å². The minimum atomic E-state index is -0.341. The van der Waals surface area contributed by atoms with Gasteiger partial charge in [0.2, 0.25) is 0 Å². The Hall–Kier alpha value is -2.43. The van der Waals surface area contributed by atoms with E-state index in [4.69, 9.17) is 0 Å². The molecule has 3 rings (SSSR count). The number of aryl methyl sites for hydroxylation is 2. The van der Waals surface area contributed by atoms with E-state index in [0.717, 1.165) is 25.0 Å². The van der Waals surface area contributed by atoms with Gasteiger partial charge in [-0.1, -0.05) is 32.9 Å². The van der Waals surface area contributed by atoms with Gasteiger partial charge in [0.1, 0.15) is 0 Å². The van der Waals surface area contributed by atoms with E-state index in [1.54, 1.807) is 0 Å². The predicted molar refractivity (Wildman–Crippen MR) is 91.0 cm³/mol. The highest BCUT2D eigenvalue weighted by Gasteiger charge is 2.27. The van der Waals surface area contributed by atoms with E-state index < -0.39 is 0 Å². The lowest BCUT2D eigenvalue weighted by Crippen LogP contribution is -2.18. The second-order valence-electron chi connectivity index (χ2n) is 5.21. The number of aromatic amines is 1. The van der Waals surface area contributed by atoms with E-state index in [9.17, 15) is 9.59 Å². The van der Waals surface area contributed by atoms with Gasteiger partial charge in [0, 0.05) is 17.8 Å². The number of amides is 1. The number of ketones is 1. The van der Waals surface area contributed by atoms with Gasteiger partial charge in [0.15, 0.2) is 11.5 Å². The van der Waals surface area contributed by atoms with Gasteiger partial charge < -0.3 is 5.32 Å². The van der Waals surface area contributed by atoms with Gasteiger partial charge in [0.25, 0.3) is 5.91 Å². The molecule has 2 aromatic rings. The first-order valence-corrected chi connectivity index (χ1v) is 8.19. The molecular formula is C18H23N3O2. The number of fused-ring (bicyclic) bond motifs is 1. The number of Topliss-reactive ketones (excluding diaryl/α,β-unsaturated/α-hetero) is 1. The van der Waals surface area contributed by atoms with E-state index >= 15 is 0 Å². The zero-order valence-electron chi connectivity index (χ0n) is 13.9. The number of carbonyl (C=O) groups excluding carboxylic acids is 2. The summed E-state index contributed by atoms with van der Waals surface area (Å²) in [6.45, 7) is 6.08. The third-order valence-corrected chi connectivity index (χ3v) is 3.79. The summed E-state index contributed by atoms with van der Waals surface area (Å²) in [5.74, 6) is -0.344. The summed E-state index contributed by atoms with van der Waals surface area (Å²) in [5, 5.41) is 9.62. The van der Waals surface area contributed by atoms with Crippen molar-refractivity contribution in [2.24, 2.45) is 0 Å². The third kappa shape index (κ3) is 3.67. The molecule has 1 aromatic carbocycles. The third-order valence-electron chi connectivity index (χ3n) is 3.79. The Morgan fingerprint density at radius 3 is 2.57 bits per heavy atom. The molecule has 23 heavy (non-hydrogen) atoms. The van der Waals surface area contributed by atoms with Gasteiger partial charge >= 0.3 is 0 Å². The van der Waals surface area contributed by atoms with Crippen molar-refractivity contribution in [3.8, 4) is 0 Å². The molecule has 0 unspecified atom stereocenters. The molecule has 5 heteroatoms. The number of hydrogen-bond donors (Lipinski definition) is 2. The summed E-state index contributed by atoms with van der Waals surface area (Å²) in [4.78, 5) is 24.3. The average Bonchev–Trinajstić information content (AvgIpc) is 3.03. The number of H-pyrrole nitrogens is 1.